The molecule has 0 spiro atoms. The molecule has 1 saturated carbocycles. The number of nitrogens with zero attached hydrogens (tertiary/aromatic N) is 1. The van der Waals surface area contributed by atoms with Gasteiger partial charge in [-0.05, 0) is 19.8 Å². The molecule has 0 aromatic heterocycles. The molecule has 5 nitrogen and oxygen atoms in total. The van der Waals surface area contributed by atoms with E-state index >= 15 is 0 Å². The maximum absolute atomic E-state index is 13.8. The Bertz CT molecular complexity index is 454. The van der Waals surface area contributed by atoms with E-state index in [0.29, 0.717) is 19.4 Å². The van der Waals surface area contributed by atoms with Gasteiger partial charge < -0.3 is 5.32 Å². The largest absolute Gasteiger partial charge is 0.355 e. The van der Waals surface area contributed by atoms with Crippen molar-refractivity contribution in [2.24, 2.45) is 5.92 Å². The highest BCUT2D eigenvalue weighted by Crippen LogP contribution is 2.39. The molecule has 8 heteroatoms. The van der Waals surface area contributed by atoms with E-state index in [2.05, 4.69) is 5.32 Å². The van der Waals surface area contributed by atoms with Gasteiger partial charge in [-0.25, -0.2) is 17.2 Å². The van der Waals surface area contributed by atoms with Crippen LogP contribution < -0.4 is 5.32 Å². The number of hydrogen-bond donors (Lipinski definition) is 1. The number of nitrogens with one attached hydrogen (secondary N) is 1. The van der Waals surface area contributed by atoms with Crippen molar-refractivity contribution in [3.63, 3.8) is 0 Å². The molecule has 1 aliphatic carbocycles. The third-order valence-corrected chi connectivity index (χ3v) is 5.76. The summed E-state index contributed by atoms with van der Waals surface area (Å²) in [7, 11) is -3.86. The summed E-state index contributed by atoms with van der Waals surface area (Å²) in [5, 5.41) is 2.51. The van der Waals surface area contributed by atoms with E-state index < -0.39 is 33.5 Å². The Morgan fingerprint density at radius 3 is 2.52 bits per heavy atom. The van der Waals surface area contributed by atoms with E-state index in [9.17, 15) is 22.0 Å². The number of rotatable bonds is 7. The Kier molecular flexibility index (Phi) is 6.52. The fraction of sp³-hybridized carbons (Fsp3) is 0.923. The second-order valence-electron chi connectivity index (χ2n) is 5.36. The van der Waals surface area contributed by atoms with Crippen molar-refractivity contribution in [3.8, 4) is 0 Å². The molecule has 0 aromatic rings. The standard InChI is InChI=1S/C13H24F2N2O3S/c1-3-16-12(18)9-17(4-2)21(19,20)10-11-7-5-6-8-13(11,14)15/h11H,3-10H2,1-2H3,(H,16,18)/t11-/m1/s1. The molecule has 1 fully saturated rings. The van der Waals surface area contributed by atoms with Gasteiger partial charge in [-0.1, -0.05) is 13.3 Å². The van der Waals surface area contributed by atoms with Gasteiger partial charge in [0.2, 0.25) is 15.9 Å². The number of amides is 1. The molecular weight excluding hydrogens is 302 g/mol. The quantitative estimate of drug-likeness (QED) is 0.773. The number of carbonyl (C=O) groups excluding carboxylic acids is 1. The molecule has 1 atom stereocenters. The highest BCUT2D eigenvalue weighted by atomic mass is 32.2. The highest BCUT2D eigenvalue weighted by molar-refractivity contribution is 7.89. The number of alkyl halides is 2. The van der Waals surface area contributed by atoms with Crippen LogP contribution in [0.1, 0.15) is 39.5 Å². The molecule has 0 aliphatic heterocycles. The zero-order valence-corrected chi connectivity index (χ0v) is 13.4. The zero-order valence-electron chi connectivity index (χ0n) is 12.6. The Hall–Kier alpha value is -0.760. The average Bonchev–Trinajstić information content (AvgIpc) is 2.38. The first-order valence-corrected chi connectivity index (χ1v) is 8.96. The number of likely N-dealkylation sites (N-methyl/N-ethyl adjacent to an activating group) is 2. The smallest absolute Gasteiger partial charge is 0.251 e. The second kappa shape index (κ2) is 7.49. The fourth-order valence-electron chi connectivity index (χ4n) is 2.55. The lowest BCUT2D eigenvalue weighted by Gasteiger charge is -2.32. The summed E-state index contributed by atoms with van der Waals surface area (Å²) in [6, 6.07) is 0. The third-order valence-electron chi connectivity index (χ3n) is 3.76. The van der Waals surface area contributed by atoms with Gasteiger partial charge in [0.15, 0.2) is 0 Å². The summed E-state index contributed by atoms with van der Waals surface area (Å²) in [5.74, 6) is -5.10. The number of sulfonamides is 1. The van der Waals surface area contributed by atoms with Crippen LogP contribution in [0.15, 0.2) is 0 Å². The third kappa shape index (κ3) is 5.18. The van der Waals surface area contributed by atoms with Gasteiger partial charge in [-0.3, -0.25) is 4.79 Å². The van der Waals surface area contributed by atoms with Crippen molar-refractivity contribution in [2.75, 3.05) is 25.4 Å². The molecule has 21 heavy (non-hydrogen) atoms. The van der Waals surface area contributed by atoms with Gasteiger partial charge in [-0.2, -0.15) is 4.31 Å². The van der Waals surface area contributed by atoms with Crippen LogP contribution in [0.5, 0.6) is 0 Å². The number of hydrogen-bond acceptors (Lipinski definition) is 3. The fourth-order valence-corrected chi connectivity index (χ4v) is 4.39. The van der Waals surface area contributed by atoms with Crippen molar-refractivity contribution in [3.05, 3.63) is 0 Å². The van der Waals surface area contributed by atoms with Crippen molar-refractivity contribution in [2.45, 2.75) is 45.5 Å². The summed E-state index contributed by atoms with van der Waals surface area (Å²) < 4.78 is 53.1. The molecule has 1 aliphatic rings. The SMILES string of the molecule is CCNC(=O)CN(CC)S(=O)(=O)C[C@H]1CCCCC1(F)F. The zero-order chi connectivity index (χ0) is 16.1. The summed E-state index contributed by atoms with van der Waals surface area (Å²) in [4.78, 5) is 11.5. The Balaban J connectivity index is 2.75. The molecular formula is C13H24F2N2O3S. The minimum atomic E-state index is -3.86. The van der Waals surface area contributed by atoms with Crippen molar-refractivity contribution in [1.29, 1.82) is 0 Å². The first kappa shape index (κ1) is 18.3. The van der Waals surface area contributed by atoms with E-state index in [4.69, 9.17) is 0 Å². The van der Waals surface area contributed by atoms with Crippen LogP contribution in [-0.2, 0) is 14.8 Å². The summed E-state index contributed by atoms with van der Waals surface area (Å²) in [6.45, 7) is 3.50. The maximum atomic E-state index is 13.8. The lowest BCUT2D eigenvalue weighted by atomic mass is 9.87. The van der Waals surface area contributed by atoms with Gasteiger partial charge >= 0.3 is 0 Å². The minimum Gasteiger partial charge on any atom is -0.355 e. The van der Waals surface area contributed by atoms with Crippen molar-refractivity contribution in [1.82, 2.24) is 9.62 Å². The Labute approximate surface area is 125 Å². The Morgan fingerprint density at radius 2 is 2.00 bits per heavy atom. The van der Waals surface area contributed by atoms with Crippen LogP contribution >= 0.6 is 0 Å². The van der Waals surface area contributed by atoms with E-state index in [0.717, 1.165) is 4.31 Å². The molecule has 0 aromatic carbocycles. The van der Waals surface area contributed by atoms with Gasteiger partial charge in [0.25, 0.3) is 5.92 Å². The molecule has 0 saturated heterocycles. The number of halogens is 2. The minimum absolute atomic E-state index is 0.0950. The van der Waals surface area contributed by atoms with Gasteiger partial charge in [0.1, 0.15) is 0 Å². The maximum Gasteiger partial charge on any atom is 0.251 e. The number of carbonyl (C=O) groups is 1. The van der Waals surface area contributed by atoms with E-state index in [1.165, 1.54) is 0 Å². The molecule has 0 radical (unpaired) electrons. The molecule has 0 unspecified atom stereocenters. The van der Waals surface area contributed by atoms with Crippen LogP contribution in [0.4, 0.5) is 8.78 Å². The lowest BCUT2D eigenvalue weighted by molar-refractivity contribution is -0.121. The van der Waals surface area contributed by atoms with E-state index in [-0.39, 0.29) is 25.9 Å². The predicted octanol–water partition coefficient (Wildman–Crippen LogP) is 1.60. The Morgan fingerprint density at radius 1 is 1.33 bits per heavy atom. The average molecular weight is 326 g/mol. The molecule has 0 heterocycles. The summed E-state index contributed by atoms with van der Waals surface area (Å²) in [6.07, 6.45) is 1.01. The van der Waals surface area contributed by atoms with E-state index in [1.54, 1.807) is 13.8 Å². The lowest BCUT2D eigenvalue weighted by Crippen LogP contribution is -2.45. The topological polar surface area (TPSA) is 66.5 Å². The van der Waals surface area contributed by atoms with Gasteiger partial charge in [0.05, 0.1) is 12.3 Å². The normalized spacial score (nSPS) is 22.2. The molecule has 0 bridgehead atoms. The predicted molar refractivity (Wildman–Crippen MR) is 76.6 cm³/mol. The van der Waals surface area contributed by atoms with Crippen LogP contribution in [0.2, 0.25) is 0 Å². The first-order valence-electron chi connectivity index (χ1n) is 7.35. The van der Waals surface area contributed by atoms with E-state index in [1.807, 2.05) is 0 Å². The summed E-state index contributed by atoms with van der Waals surface area (Å²) in [5.41, 5.74) is 0. The molecule has 124 valence electrons. The van der Waals surface area contributed by atoms with Crippen LogP contribution in [0.25, 0.3) is 0 Å². The van der Waals surface area contributed by atoms with Gasteiger partial charge in [-0.15, -0.1) is 0 Å². The van der Waals surface area contributed by atoms with Crippen LogP contribution in [-0.4, -0.2) is 49.9 Å². The molecule has 1 N–H and O–H groups in total. The second-order valence-corrected chi connectivity index (χ2v) is 7.38. The highest BCUT2D eigenvalue weighted by Gasteiger charge is 2.44. The summed E-state index contributed by atoms with van der Waals surface area (Å²) >= 11 is 0. The molecule has 1 amide bonds. The van der Waals surface area contributed by atoms with Crippen molar-refractivity contribution < 1.29 is 22.0 Å². The monoisotopic (exact) mass is 326 g/mol. The van der Waals surface area contributed by atoms with Crippen molar-refractivity contribution >= 4 is 15.9 Å². The van der Waals surface area contributed by atoms with Crippen LogP contribution in [0, 0.1) is 5.92 Å². The first-order chi connectivity index (χ1) is 9.73. The van der Waals surface area contributed by atoms with Crippen LogP contribution in [0.3, 0.4) is 0 Å². The molecule has 1 rings (SSSR count). The van der Waals surface area contributed by atoms with Gasteiger partial charge in [0, 0.05) is 25.4 Å².